The van der Waals surface area contributed by atoms with Gasteiger partial charge < -0.3 is 23.4 Å². The SMILES string of the molecule is CCOP(=O)(OCC)C(Nc1ccccc1Cl)P(=O)(OCC)OCC. The number of hydrogen-bond donors (Lipinski definition) is 1. The van der Waals surface area contributed by atoms with Crippen LogP contribution >= 0.6 is 26.8 Å². The highest BCUT2D eigenvalue weighted by Crippen LogP contribution is 2.70. The van der Waals surface area contributed by atoms with Crippen molar-refractivity contribution in [2.24, 2.45) is 0 Å². The van der Waals surface area contributed by atoms with Crippen LogP contribution in [-0.2, 0) is 27.2 Å². The normalized spacial score (nSPS) is 12.6. The third kappa shape index (κ3) is 6.07. The molecule has 144 valence electrons. The minimum absolute atomic E-state index is 0.107. The molecule has 0 atom stereocenters. The Balaban J connectivity index is 3.40. The molecule has 0 bridgehead atoms. The zero-order chi connectivity index (χ0) is 18.9. The van der Waals surface area contributed by atoms with Gasteiger partial charge in [0, 0.05) is 0 Å². The molecule has 1 rings (SSSR count). The lowest BCUT2D eigenvalue weighted by Gasteiger charge is -2.32. The van der Waals surface area contributed by atoms with Gasteiger partial charge in [-0.25, -0.2) is 0 Å². The van der Waals surface area contributed by atoms with Crippen molar-refractivity contribution in [3.63, 3.8) is 0 Å². The number of nitrogens with one attached hydrogen (secondary N) is 1. The van der Waals surface area contributed by atoms with E-state index in [4.69, 9.17) is 29.7 Å². The molecule has 10 heteroatoms. The Morgan fingerprint density at radius 2 is 1.28 bits per heavy atom. The molecule has 1 aromatic carbocycles. The Hall–Kier alpha value is -0.390. The average Bonchev–Trinajstić information content (AvgIpc) is 2.54. The van der Waals surface area contributed by atoms with Crippen LogP contribution in [0.3, 0.4) is 0 Å². The summed E-state index contributed by atoms with van der Waals surface area (Å²) in [6.45, 7) is 7.11. The predicted molar refractivity (Wildman–Crippen MR) is 101 cm³/mol. The second-order valence-electron chi connectivity index (χ2n) is 4.75. The first-order valence-electron chi connectivity index (χ1n) is 8.15. The number of hydrogen-bond acceptors (Lipinski definition) is 7. The molecule has 0 saturated carbocycles. The molecule has 0 amide bonds. The number of para-hydroxylation sites is 1. The van der Waals surface area contributed by atoms with E-state index in [1.54, 1.807) is 52.0 Å². The van der Waals surface area contributed by atoms with Gasteiger partial charge >= 0.3 is 15.2 Å². The lowest BCUT2D eigenvalue weighted by molar-refractivity contribution is 0.198. The Morgan fingerprint density at radius 1 is 0.880 bits per heavy atom. The second-order valence-corrected chi connectivity index (χ2v) is 9.79. The molecule has 0 radical (unpaired) electrons. The largest absolute Gasteiger partial charge is 0.365 e. The molecule has 0 heterocycles. The van der Waals surface area contributed by atoms with Crippen molar-refractivity contribution in [1.29, 1.82) is 0 Å². The molecule has 0 aliphatic heterocycles. The molecule has 0 fully saturated rings. The average molecular weight is 414 g/mol. The maximum atomic E-state index is 13.3. The highest BCUT2D eigenvalue weighted by molar-refractivity contribution is 7.72. The molecule has 0 aliphatic rings. The van der Waals surface area contributed by atoms with Gasteiger partial charge in [-0.3, -0.25) is 9.13 Å². The Bertz CT molecular complexity index is 580. The minimum atomic E-state index is -3.88. The van der Waals surface area contributed by atoms with Gasteiger partial charge in [0.25, 0.3) is 0 Å². The van der Waals surface area contributed by atoms with Gasteiger partial charge in [0.05, 0.1) is 37.1 Å². The van der Waals surface area contributed by atoms with Crippen LogP contribution in [0, 0.1) is 0 Å². The van der Waals surface area contributed by atoms with Gasteiger partial charge in [-0.15, -0.1) is 0 Å². The van der Waals surface area contributed by atoms with E-state index in [9.17, 15) is 9.13 Å². The summed E-state index contributed by atoms with van der Waals surface area (Å²) in [6.07, 6.45) is 0. The van der Waals surface area contributed by atoms with E-state index < -0.39 is 20.7 Å². The summed E-state index contributed by atoms with van der Waals surface area (Å²) >= 11 is 6.17. The summed E-state index contributed by atoms with van der Waals surface area (Å²) in [4.78, 5) is 0. The molecule has 0 aromatic heterocycles. The molecule has 0 aliphatic carbocycles. The van der Waals surface area contributed by atoms with Gasteiger partial charge in [-0.2, -0.15) is 0 Å². The Morgan fingerprint density at radius 3 is 1.64 bits per heavy atom. The van der Waals surface area contributed by atoms with Gasteiger partial charge in [0.1, 0.15) is 0 Å². The van der Waals surface area contributed by atoms with Crippen molar-refractivity contribution >= 4 is 32.5 Å². The van der Waals surface area contributed by atoms with Gasteiger partial charge in [-0.05, 0) is 39.8 Å². The van der Waals surface area contributed by atoms with Crippen LogP contribution in [-0.4, -0.2) is 32.0 Å². The summed E-state index contributed by atoms with van der Waals surface area (Å²) in [5.74, 6) is 0. The van der Waals surface area contributed by atoms with E-state index in [2.05, 4.69) is 5.32 Å². The zero-order valence-corrected chi connectivity index (χ0v) is 17.5. The molecule has 1 aromatic rings. The zero-order valence-electron chi connectivity index (χ0n) is 14.9. The van der Waals surface area contributed by atoms with Crippen molar-refractivity contribution in [2.45, 2.75) is 33.2 Å². The molecule has 0 spiro atoms. The predicted octanol–water partition coefficient (Wildman–Crippen LogP) is 5.57. The van der Waals surface area contributed by atoms with E-state index >= 15 is 0 Å². The Kier molecular flexibility index (Phi) is 9.68. The van der Waals surface area contributed by atoms with Crippen molar-refractivity contribution in [1.82, 2.24) is 0 Å². The summed E-state index contributed by atoms with van der Waals surface area (Å²) in [6, 6.07) is 6.81. The highest BCUT2D eigenvalue weighted by Gasteiger charge is 2.51. The maximum absolute atomic E-state index is 13.3. The van der Waals surface area contributed by atoms with Crippen LogP contribution in [0.5, 0.6) is 0 Å². The van der Waals surface area contributed by atoms with Crippen LogP contribution in [0.4, 0.5) is 5.69 Å². The first-order valence-corrected chi connectivity index (χ1v) is 11.8. The summed E-state index contributed by atoms with van der Waals surface area (Å²) < 4.78 is 48.2. The fourth-order valence-electron chi connectivity index (χ4n) is 2.13. The molecule has 0 unspecified atom stereocenters. The van der Waals surface area contributed by atoms with E-state index in [0.29, 0.717) is 10.7 Å². The number of benzene rings is 1. The van der Waals surface area contributed by atoms with E-state index in [-0.39, 0.29) is 26.4 Å². The van der Waals surface area contributed by atoms with Crippen molar-refractivity contribution in [2.75, 3.05) is 31.7 Å². The van der Waals surface area contributed by atoms with Crippen molar-refractivity contribution in [3.8, 4) is 0 Å². The third-order valence-electron chi connectivity index (χ3n) is 2.99. The summed E-state index contributed by atoms with van der Waals surface area (Å²) in [5, 5.41) is 3.28. The quantitative estimate of drug-likeness (QED) is 0.448. The maximum Gasteiger partial charge on any atom is 0.365 e. The molecular formula is C15H26ClNO6P2. The van der Waals surface area contributed by atoms with Gasteiger partial charge in [0.15, 0.2) is 0 Å². The van der Waals surface area contributed by atoms with Crippen molar-refractivity contribution < 1.29 is 27.2 Å². The van der Waals surface area contributed by atoms with E-state index in [1.165, 1.54) is 0 Å². The third-order valence-corrected chi connectivity index (χ3v) is 8.95. The van der Waals surface area contributed by atoms with Crippen molar-refractivity contribution in [3.05, 3.63) is 29.3 Å². The first kappa shape index (κ1) is 22.7. The Labute approximate surface area is 154 Å². The molecule has 25 heavy (non-hydrogen) atoms. The first-order chi connectivity index (χ1) is 11.9. The summed E-state index contributed by atoms with van der Waals surface area (Å²) in [7, 11) is -7.76. The summed E-state index contributed by atoms with van der Waals surface area (Å²) in [5.41, 5.74) is -0.923. The van der Waals surface area contributed by atoms with Crippen LogP contribution in [0.25, 0.3) is 0 Å². The van der Waals surface area contributed by atoms with Gasteiger partial charge in [0.2, 0.25) is 5.52 Å². The standard InChI is InChI=1S/C15H26ClNO6P2/c1-5-20-24(18,21-6-2)15(25(19,22-7-3)23-8-4)17-14-12-10-9-11-13(14)16/h9-12,15,17H,5-8H2,1-4H3. The van der Waals surface area contributed by atoms with Crippen LogP contribution < -0.4 is 5.32 Å². The fourth-order valence-corrected chi connectivity index (χ4v) is 7.25. The monoisotopic (exact) mass is 413 g/mol. The van der Waals surface area contributed by atoms with Crippen LogP contribution in [0.1, 0.15) is 27.7 Å². The molecule has 7 nitrogen and oxygen atoms in total. The van der Waals surface area contributed by atoms with E-state index in [1.807, 2.05) is 0 Å². The lowest BCUT2D eigenvalue weighted by atomic mass is 10.3. The molecular weight excluding hydrogens is 388 g/mol. The lowest BCUT2D eigenvalue weighted by Crippen LogP contribution is -2.25. The molecule has 0 saturated heterocycles. The minimum Gasteiger partial charge on any atom is -0.360 e. The molecule has 1 N–H and O–H groups in total. The van der Waals surface area contributed by atoms with E-state index in [0.717, 1.165) is 0 Å². The number of anilines is 1. The fraction of sp³-hybridized carbons (Fsp3) is 0.600. The highest BCUT2D eigenvalue weighted by atomic mass is 35.5. The second kappa shape index (κ2) is 10.7. The number of halogens is 1. The number of rotatable bonds is 12. The topological polar surface area (TPSA) is 83.1 Å². The van der Waals surface area contributed by atoms with Crippen LogP contribution in [0.15, 0.2) is 24.3 Å². The van der Waals surface area contributed by atoms with Gasteiger partial charge in [-0.1, -0.05) is 23.7 Å². The van der Waals surface area contributed by atoms with Crippen LogP contribution in [0.2, 0.25) is 5.02 Å². The smallest absolute Gasteiger partial charge is 0.360 e.